The van der Waals surface area contributed by atoms with Crippen LogP contribution in [0.2, 0.25) is 5.02 Å². The van der Waals surface area contributed by atoms with Crippen LogP contribution in [-0.2, 0) is 10.0 Å². The average Bonchev–Trinajstić information content (AvgIpc) is 2.69. The zero-order valence-electron chi connectivity index (χ0n) is 14.7. The number of halogens is 2. The molecular weight excluding hydrogens is 403 g/mol. The number of benzene rings is 3. The van der Waals surface area contributed by atoms with Gasteiger partial charge in [-0.1, -0.05) is 48.0 Å². The molecule has 0 aliphatic carbocycles. The quantitative estimate of drug-likeness (QED) is 0.613. The summed E-state index contributed by atoms with van der Waals surface area (Å²) in [5.74, 6) is -1.64. The molecular formula is C20H16ClFN2O3S. The normalized spacial score (nSPS) is 11.2. The van der Waals surface area contributed by atoms with Crippen LogP contribution in [-0.4, -0.2) is 14.3 Å². The molecule has 1 amide bonds. The van der Waals surface area contributed by atoms with Gasteiger partial charge in [0.1, 0.15) is 5.82 Å². The Bertz CT molecular complexity index is 1140. The van der Waals surface area contributed by atoms with E-state index in [1.807, 2.05) is 40.6 Å². The predicted octanol–water partition coefficient (Wildman–Crippen LogP) is 4.08. The highest BCUT2D eigenvalue weighted by Crippen LogP contribution is 2.24. The van der Waals surface area contributed by atoms with Crippen LogP contribution in [0.15, 0.2) is 71.6 Å². The molecule has 0 unspecified atom stereocenters. The van der Waals surface area contributed by atoms with Crippen molar-refractivity contribution in [2.24, 2.45) is 0 Å². The van der Waals surface area contributed by atoms with Gasteiger partial charge in [-0.25, -0.2) is 12.8 Å². The van der Waals surface area contributed by atoms with E-state index in [9.17, 15) is 17.6 Å². The van der Waals surface area contributed by atoms with Crippen molar-refractivity contribution in [2.75, 3.05) is 0 Å². The minimum atomic E-state index is -4.06. The molecule has 0 spiro atoms. The van der Waals surface area contributed by atoms with Gasteiger partial charge in [0.25, 0.3) is 15.9 Å². The summed E-state index contributed by atoms with van der Waals surface area (Å²) in [4.78, 5) is 14.3. The second-order valence-electron chi connectivity index (χ2n) is 6.04. The van der Waals surface area contributed by atoms with Crippen LogP contribution in [0, 0.1) is 12.7 Å². The molecule has 8 heteroatoms. The van der Waals surface area contributed by atoms with Crippen LogP contribution in [0.3, 0.4) is 0 Å². The molecule has 0 aliphatic rings. The van der Waals surface area contributed by atoms with E-state index in [0.717, 1.165) is 5.56 Å². The predicted molar refractivity (Wildman–Crippen MR) is 106 cm³/mol. The zero-order valence-corrected chi connectivity index (χ0v) is 16.3. The Hall–Kier alpha value is -2.74. The first-order chi connectivity index (χ1) is 13.3. The van der Waals surface area contributed by atoms with Gasteiger partial charge >= 0.3 is 0 Å². The molecule has 0 saturated heterocycles. The average molecular weight is 419 g/mol. The molecule has 3 aromatic carbocycles. The van der Waals surface area contributed by atoms with Gasteiger partial charge < -0.3 is 0 Å². The Morgan fingerprint density at radius 3 is 2.36 bits per heavy atom. The van der Waals surface area contributed by atoms with E-state index in [1.165, 1.54) is 37.3 Å². The molecule has 0 aliphatic heterocycles. The molecule has 0 aromatic heterocycles. The highest BCUT2D eigenvalue weighted by molar-refractivity contribution is 7.89. The van der Waals surface area contributed by atoms with Crippen molar-refractivity contribution in [1.29, 1.82) is 0 Å². The fraction of sp³-hybridized carbons (Fsp3) is 0.0500. The van der Waals surface area contributed by atoms with Gasteiger partial charge in [0, 0.05) is 5.02 Å². The van der Waals surface area contributed by atoms with Gasteiger partial charge in [-0.05, 0) is 53.9 Å². The molecule has 5 nitrogen and oxygen atoms in total. The summed E-state index contributed by atoms with van der Waals surface area (Å²) in [5.41, 5.74) is 3.49. The maximum atomic E-state index is 14.5. The number of carbonyl (C=O) groups is 1. The summed E-state index contributed by atoms with van der Waals surface area (Å²) >= 11 is 5.79. The van der Waals surface area contributed by atoms with E-state index in [1.54, 1.807) is 6.07 Å². The van der Waals surface area contributed by atoms with Crippen LogP contribution in [0.5, 0.6) is 0 Å². The molecule has 0 atom stereocenters. The van der Waals surface area contributed by atoms with Gasteiger partial charge in [0.2, 0.25) is 0 Å². The molecule has 0 fully saturated rings. The summed E-state index contributed by atoms with van der Waals surface area (Å²) in [5, 5.41) is 0.228. The number of hydrogen-bond acceptors (Lipinski definition) is 3. The SMILES string of the molecule is Cc1cc(-c2ccccc2)cc(C(=O)NNS(=O)(=O)c2cccc(Cl)c2)c1F. The summed E-state index contributed by atoms with van der Waals surface area (Å²) in [6, 6.07) is 17.7. The van der Waals surface area contributed by atoms with Crippen molar-refractivity contribution >= 4 is 27.5 Å². The fourth-order valence-electron chi connectivity index (χ4n) is 2.61. The number of sulfonamides is 1. The monoisotopic (exact) mass is 418 g/mol. The smallest absolute Gasteiger partial charge is 0.269 e. The molecule has 28 heavy (non-hydrogen) atoms. The Kier molecular flexibility index (Phi) is 5.79. The van der Waals surface area contributed by atoms with E-state index in [0.29, 0.717) is 5.56 Å². The van der Waals surface area contributed by atoms with Crippen molar-refractivity contribution in [1.82, 2.24) is 10.3 Å². The highest BCUT2D eigenvalue weighted by Gasteiger charge is 2.19. The third kappa shape index (κ3) is 4.39. The first kappa shape index (κ1) is 20.0. The van der Waals surface area contributed by atoms with Crippen molar-refractivity contribution in [3.05, 3.63) is 88.7 Å². The van der Waals surface area contributed by atoms with Crippen molar-refractivity contribution in [2.45, 2.75) is 11.8 Å². The van der Waals surface area contributed by atoms with E-state index >= 15 is 0 Å². The standard InChI is InChI=1S/C20H16ClFN2O3S/c1-13-10-15(14-6-3-2-4-7-14)11-18(19(13)22)20(25)23-24-28(26,27)17-9-5-8-16(21)12-17/h2-12,24H,1H3,(H,23,25). The van der Waals surface area contributed by atoms with E-state index in [-0.39, 0.29) is 21.0 Å². The first-order valence-corrected chi connectivity index (χ1v) is 10.1. The van der Waals surface area contributed by atoms with Gasteiger partial charge in [-0.3, -0.25) is 10.2 Å². The number of amides is 1. The lowest BCUT2D eigenvalue weighted by molar-refractivity contribution is 0.0941. The maximum Gasteiger partial charge on any atom is 0.269 e. The van der Waals surface area contributed by atoms with Crippen LogP contribution in [0.4, 0.5) is 4.39 Å². The number of rotatable bonds is 5. The van der Waals surface area contributed by atoms with E-state index < -0.39 is 21.7 Å². The summed E-state index contributed by atoms with van der Waals surface area (Å²) in [6.45, 7) is 1.54. The topological polar surface area (TPSA) is 75.3 Å². The number of hydrogen-bond donors (Lipinski definition) is 2. The zero-order chi connectivity index (χ0) is 20.3. The summed E-state index contributed by atoms with van der Waals surface area (Å²) < 4.78 is 39.1. The highest BCUT2D eigenvalue weighted by atomic mass is 35.5. The Morgan fingerprint density at radius 1 is 0.964 bits per heavy atom. The van der Waals surface area contributed by atoms with Crippen LogP contribution >= 0.6 is 11.6 Å². The molecule has 0 bridgehead atoms. The van der Waals surface area contributed by atoms with Gasteiger partial charge in [0.05, 0.1) is 10.5 Å². The second kappa shape index (κ2) is 8.10. The fourth-order valence-corrected chi connectivity index (χ4v) is 3.75. The minimum Gasteiger partial charge on any atom is -0.273 e. The van der Waals surface area contributed by atoms with Crippen molar-refractivity contribution in [3.63, 3.8) is 0 Å². The first-order valence-electron chi connectivity index (χ1n) is 8.21. The number of hydrazine groups is 1. The lowest BCUT2D eigenvalue weighted by atomic mass is 9.99. The Balaban J connectivity index is 1.85. The maximum absolute atomic E-state index is 14.5. The van der Waals surface area contributed by atoms with Crippen LogP contribution in [0.25, 0.3) is 11.1 Å². The van der Waals surface area contributed by atoms with Gasteiger partial charge in [-0.15, -0.1) is 4.83 Å². The molecule has 0 radical (unpaired) electrons. The van der Waals surface area contributed by atoms with Crippen molar-refractivity contribution in [3.8, 4) is 11.1 Å². The minimum absolute atomic E-state index is 0.130. The second-order valence-corrected chi connectivity index (χ2v) is 8.16. The van der Waals surface area contributed by atoms with Gasteiger partial charge in [0.15, 0.2) is 0 Å². The Morgan fingerprint density at radius 2 is 1.68 bits per heavy atom. The summed E-state index contributed by atoms with van der Waals surface area (Å²) in [6.07, 6.45) is 0. The largest absolute Gasteiger partial charge is 0.273 e. The van der Waals surface area contributed by atoms with E-state index in [4.69, 9.17) is 11.6 Å². The summed E-state index contributed by atoms with van der Waals surface area (Å²) in [7, 11) is -4.06. The molecule has 0 saturated carbocycles. The van der Waals surface area contributed by atoms with Gasteiger partial charge in [-0.2, -0.15) is 0 Å². The van der Waals surface area contributed by atoms with E-state index in [2.05, 4.69) is 0 Å². The number of carbonyl (C=O) groups excluding carboxylic acids is 1. The Labute approximate surface area is 167 Å². The third-order valence-electron chi connectivity index (χ3n) is 4.01. The molecule has 3 rings (SSSR count). The molecule has 3 aromatic rings. The number of aryl methyl sites for hydroxylation is 1. The molecule has 2 N–H and O–H groups in total. The van der Waals surface area contributed by atoms with Crippen LogP contribution < -0.4 is 10.3 Å². The number of nitrogens with one attached hydrogen (secondary N) is 2. The molecule has 144 valence electrons. The van der Waals surface area contributed by atoms with Crippen LogP contribution in [0.1, 0.15) is 15.9 Å². The third-order valence-corrected chi connectivity index (χ3v) is 5.49. The van der Waals surface area contributed by atoms with Crippen molar-refractivity contribution < 1.29 is 17.6 Å². The lowest BCUT2D eigenvalue weighted by Crippen LogP contribution is -2.41. The lowest BCUT2D eigenvalue weighted by Gasteiger charge is -2.12. The molecule has 0 heterocycles.